The molecule has 2 atom stereocenters. The molecule has 0 saturated carbocycles. The Morgan fingerprint density at radius 2 is 1.53 bits per heavy atom. The third-order valence-corrected chi connectivity index (χ3v) is 6.20. The molecule has 1 fully saturated rings. The first-order chi connectivity index (χ1) is 15.4. The van der Waals surface area contributed by atoms with Crippen molar-refractivity contribution >= 4 is 17.4 Å². The summed E-state index contributed by atoms with van der Waals surface area (Å²) >= 11 is 0. The van der Waals surface area contributed by atoms with E-state index in [0.717, 1.165) is 30.8 Å². The number of hydrogen-bond acceptors (Lipinski definition) is 5. The molecule has 2 aromatic rings. The number of nitrogens with zero attached hydrogens (tertiary/aromatic N) is 2. The molecule has 0 aliphatic carbocycles. The monoisotopic (exact) mass is 434 g/mol. The Hall–Kier alpha value is -3.28. The average molecular weight is 435 g/mol. The minimum absolute atomic E-state index is 0.211. The number of methoxy groups -OCH3 is 2. The van der Waals surface area contributed by atoms with Crippen molar-refractivity contribution in [1.29, 1.82) is 0 Å². The van der Waals surface area contributed by atoms with Gasteiger partial charge in [-0.2, -0.15) is 0 Å². The normalized spacial score (nSPS) is 21.4. The van der Waals surface area contributed by atoms with Gasteiger partial charge < -0.3 is 14.4 Å². The maximum absolute atomic E-state index is 13.7. The van der Waals surface area contributed by atoms with Gasteiger partial charge in [0.25, 0.3) is 11.8 Å². The van der Waals surface area contributed by atoms with Gasteiger partial charge in [0, 0.05) is 18.7 Å². The Morgan fingerprint density at radius 1 is 0.875 bits per heavy atom. The van der Waals surface area contributed by atoms with E-state index in [4.69, 9.17) is 9.47 Å². The molecular formula is C26H30N2O4. The smallest absolute Gasteiger partial charge is 0.278 e. The summed E-state index contributed by atoms with van der Waals surface area (Å²) in [4.78, 5) is 30.8. The molecule has 0 spiro atoms. The highest BCUT2D eigenvalue weighted by Crippen LogP contribution is 2.38. The zero-order chi connectivity index (χ0) is 22.8. The predicted octanol–water partition coefficient (Wildman–Crippen LogP) is 3.96. The van der Waals surface area contributed by atoms with Gasteiger partial charge in [0.05, 0.1) is 26.3 Å². The van der Waals surface area contributed by atoms with Crippen molar-refractivity contribution < 1.29 is 19.1 Å². The van der Waals surface area contributed by atoms with E-state index in [1.807, 2.05) is 48.5 Å². The number of likely N-dealkylation sites (tertiary alicyclic amines) is 1. The molecule has 0 radical (unpaired) electrons. The van der Waals surface area contributed by atoms with E-state index in [1.54, 1.807) is 14.2 Å². The first-order valence-electron chi connectivity index (χ1n) is 11.0. The first kappa shape index (κ1) is 21.9. The van der Waals surface area contributed by atoms with Gasteiger partial charge in [0.15, 0.2) is 0 Å². The molecule has 6 nitrogen and oxygen atoms in total. The van der Waals surface area contributed by atoms with Crippen molar-refractivity contribution in [1.82, 2.24) is 9.80 Å². The molecule has 4 rings (SSSR count). The minimum atomic E-state index is -0.281. The zero-order valence-corrected chi connectivity index (χ0v) is 19.1. The van der Waals surface area contributed by atoms with Crippen LogP contribution in [0.15, 0.2) is 54.2 Å². The van der Waals surface area contributed by atoms with Crippen LogP contribution in [0.1, 0.15) is 31.4 Å². The largest absolute Gasteiger partial charge is 0.497 e. The van der Waals surface area contributed by atoms with Crippen molar-refractivity contribution in [2.75, 3.05) is 27.3 Å². The van der Waals surface area contributed by atoms with Crippen LogP contribution in [0.25, 0.3) is 5.57 Å². The molecule has 1 saturated heterocycles. The third-order valence-electron chi connectivity index (χ3n) is 6.20. The lowest BCUT2D eigenvalue weighted by molar-refractivity contribution is -0.138. The minimum Gasteiger partial charge on any atom is -0.497 e. The van der Waals surface area contributed by atoms with E-state index in [1.165, 1.54) is 4.90 Å². The van der Waals surface area contributed by atoms with Gasteiger partial charge in [-0.1, -0.05) is 44.2 Å². The van der Waals surface area contributed by atoms with Crippen LogP contribution < -0.4 is 9.47 Å². The van der Waals surface area contributed by atoms with Gasteiger partial charge in [0.2, 0.25) is 0 Å². The van der Waals surface area contributed by atoms with Gasteiger partial charge in [-0.15, -0.1) is 0 Å². The van der Waals surface area contributed by atoms with Crippen LogP contribution in [-0.2, 0) is 16.1 Å². The zero-order valence-electron chi connectivity index (χ0n) is 19.1. The lowest BCUT2D eigenvalue weighted by Crippen LogP contribution is -2.41. The summed E-state index contributed by atoms with van der Waals surface area (Å²) in [5, 5.41) is 0. The number of para-hydroxylation sites is 1. The van der Waals surface area contributed by atoms with Crippen LogP contribution in [-0.4, -0.2) is 48.9 Å². The number of ether oxygens (including phenoxy) is 2. The summed E-state index contributed by atoms with van der Waals surface area (Å²) in [6.07, 6.45) is 1.12. The molecule has 0 bridgehead atoms. The second-order valence-electron chi connectivity index (χ2n) is 8.82. The van der Waals surface area contributed by atoms with Crippen LogP contribution in [0.5, 0.6) is 11.5 Å². The second-order valence-corrected chi connectivity index (χ2v) is 8.82. The Balaban J connectivity index is 1.76. The Kier molecular flexibility index (Phi) is 6.21. The highest BCUT2D eigenvalue weighted by Gasteiger charge is 2.43. The van der Waals surface area contributed by atoms with E-state index in [-0.39, 0.29) is 18.4 Å². The Morgan fingerprint density at radius 3 is 2.16 bits per heavy atom. The number of hydrogen-bond donors (Lipinski definition) is 0. The fourth-order valence-corrected chi connectivity index (χ4v) is 4.85. The summed E-state index contributed by atoms with van der Waals surface area (Å²) in [7, 11) is 3.19. The van der Waals surface area contributed by atoms with Crippen LogP contribution in [0.4, 0.5) is 0 Å². The van der Waals surface area contributed by atoms with Crippen LogP contribution in [0.3, 0.4) is 0 Å². The molecule has 32 heavy (non-hydrogen) atoms. The van der Waals surface area contributed by atoms with E-state index in [2.05, 4.69) is 18.7 Å². The lowest BCUT2D eigenvalue weighted by Gasteiger charge is -2.37. The number of carbonyl (C=O) groups is 2. The van der Waals surface area contributed by atoms with Gasteiger partial charge >= 0.3 is 0 Å². The molecule has 2 amide bonds. The summed E-state index contributed by atoms with van der Waals surface area (Å²) in [6, 6.07) is 14.8. The number of rotatable bonds is 6. The molecule has 6 heteroatoms. The van der Waals surface area contributed by atoms with Gasteiger partial charge in [-0.05, 0) is 42.0 Å². The van der Waals surface area contributed by atoms with Gasteiger partial charge in [-0.3, -0.25) is 14.5 Å². The van der Waals surface area contributed by atoms with Crippen molar-refractivity contribution in [3.8, 4) is 11.5 Å². The maximum Gasteiger partial charge on any atom is 0.278 e. The quantitative estimate of drug-likeness (QED) is 0.644. The van der Waals surface area contributed by atoms with Gasteiger partial charge in [0.1, 0.15) is 17.2 Å². The highest BCUT2D eigenvalue weighted by molar-refractivity contribution is 6.35. The summed E-state index contributed by atoms with van der Waals surface area (Å²) in [5.41, 5.74) is 2.45. The SMILES string of the molecule is COc1ccc(CN2C(=O)C(c3ccccc3OC)=C(N3CC(C)CC(C)C3)C2=O)cc1. The summed E-state index contributed by atoms with van der Waals surface area (Å²) in [6.45, 7) is 6.12. The van der Waals surface area contributed by atoms with Crippen molar-refractivity contribution in [3.05, 3.63) is 65.4 Å². The van der Waals surface area contributed by atoms with Crippen LogP contribution in [0.2, 0.25) is 0 Å². The number of imide groups is 1. The molecular weight excluding hydrogens is 404 g/mol. The molecule has 2 aromatic carbocycles. The Labute approximate surface area is 189 Å². The number of carbonyl (C=O) groups excluding carboxylic acids is 2. The highest BCUT2D eigenvalue weighted by atomic mass is 16.5. The third kappa shape index (κ3) is 4.09. The second kappa shape index (κ2) is 9.07. The fraction of sp³-hybridized carbons (Fsp3) is 0.385. The number of piperidine rings is 1. The van der Waals surface area contributed by atoms with E-state index >= 15 is 0 Å². The van der Waals surface area contributed by atoms with E-state index < -0.39 is 0 Å². The maximum atomic E-state index is 13.7. The van der Waals surface area contributed by atoms with E-state index in [9.17, 15) is 9.59 Å². The first-order valence-corrected chi connectivity index (χ1v) is 11.0. The molecule has 0 N–H and O–H groups in total. The molecule has 2 unspecified atom stereocenters. The van der Waals surface area contributed by atoms with Crippen molar-refractivity contribution in [2.24, 2.45) is 11.8 Å². The molecule has 2 aliphatic heterocycles. The van der Waals surface area contributed by atoms with E-state index in [0.29, 0.717) is 34.4 Å². The van der Waals surface area contributed by atoms with Crippen LogP contribution in [0, 0.1) is 11.8 Å². The predicted molar refractivity (Wildman–Crippen MR) is 123 cm³/mol. The van der Waals surface area contributed by atoms with Crippen molar-refractivity contribution in [2.45, 2.75) is 26.8 Å². The Bertz CT molecular complexity index is 1030. The lowest BCUT2D eigenvalue weighted by atomic mass is 9.91. The number of benzene rings is 2. The average Bonchev–Trinajstić information content (AvgIpc) is 3.03. The fourth-order valence-electron chi connectivity index (χ4n) is 4.85. The standard InChI is InChI=1S/C26H30N2O4/c1-17-13-18(2)15-27(14-17)24-23(21-7-5-6-8-22(21)32-4)25(29)28(26(24)30)16-19-9-11-20(31-3)12-10-19/h5-12,17-18H,13-16H2,1-4H3. The topological polar surface area (TPSA) is 59.1 Å². The summed E-state index contributed by atoms with van der Waals surface area (Å²) < 4.78 is 10.8. The van der Waals surface area contributed by atoms with Crippen LogP contribution >= 0.6 is 0 Å². The molecule has 2 aliphatic rings. The molecule has 0 aromatic heterocycles. The molecule has 168 valence electrons. The summed E-state index contributed by atoms with van der Waals surface area (Å²) in [5.74, 6) is 1.69. The molecule has 2 heterocycles. The number of amides is 2. The van der Waals surface area contributed by atoms with Gasteiger partial charge in [-0.25, -0.2) is 0 Å². The van der Waals surface area contributed by atoms with Crippen molar-refractivity contribution in [3.63, 3.8) is 0 Å².